The molecule has 0 amide bonds. The standard InChI is InChI=1S/C21H19NO3S2/c1-23-15-10-11-17(20(25-3)19(15)24-2)27-21-13-7-4-5-8-14(13)22-18(21)16-9-6-12-26-16/h4-12,22H,1-3H3. The van der Waals surface area contributed by atoms with Gasteiger partial charge in [0.1, 0.15) is 0 Å². The van der Waals surface area contributed by atoms with Crippen LogP contribution in [0.25, 0.3) is 21.5 Å². The first-order chi connectivity index (χ1) is 13.3. The van der Waals surface area contributed by atoms with Gasteiger partial charge in [-0.3, -0.25) is 0 Å². The van der Waals surface area contributed by atoms with Crippen molar-refractivity contribution in [3.05, 3.63) is 53.9 Å². The Hall–Kier alpha value is -2.57. The Bertz CT molecular complexity index is 1070. The lowest BCUT2D eigenvalue weighted by Gasteiger charge is -2.15. The summed E-state index contributed by atoms with van der Waals surface area (Å²) in [5.41, 5.74) is 2.23. The molecule has 138 valence electrons. The normalized spacial score (nSPS) is 10.9. The van der Waals surface area contributed by atoms with Gasteiger partial charge in [0.05, 0.1) is 36.8 Å². The van der Waals surface area contributed by atoms with Gasteiger partial charge in [-0.1, -0.05) is 36.0 Å². The predicted octanol–water partition coefficient (Wildman–Crippen LogP) is 6.07. The Kier molecular flexibility index (Phi) is 5.01. The Morgan fingerprint density at radius 2 is 1.67 bits per heavy atom. The summed E-state index contributed by atoms with van der Waals surface area (Å²) < 4.78 is 16.6. The maximum Gasteiger partial charge on any atom is 0.204 e. The third-order valence-electron chi connectivity index (χ3n) is 4.31. The van der Waals surface area contributed by atoms with Gasteiger partial charge in [-0.05, 0) is 29.6 Å². The highest BCUT2D eigenvalue weighted by Crippen LogP contribution is 2.49. The molecule has 4 aromatic rings. The molecule has 2 heterocycles. The van der Waals surface area contributed by atoms with Crippen LogP contribution in [0.4, 0.5) is 0 Å². The van der Waals surface area contributed by atoms with E-state index in [4.69, 9.17) is 14.2 Å². The molecule has 0 saturated heterocycles. The van der Waals surface area contributed by atoms with Crippen LogP contribution in [0.2, 0.25) is 0 Å². The summed E-state index contributed by atoms with van der Waals surface area (Å²) in [6.07, 6.45) is 0. The number of para-hydroxylation sites is 1. The van der Waals surface area contributed by atoms with Crippen LogP contribution in [0.1, 0.15) is 0 Å². The molecule has 1 N–H and O–H groups in total. The third kappa shape index (κ3) is 3.15. The average Bonchev–Trinajstić information content (AvgIpc) is 3.35. The molecule has 4 rings (SSSR count). The largest absolute Gasteiger partial charge is 0.493 e. The van der Waals surface area contributed by atoms with E-state index in [1.807, 2.05) is 18.2 Å². The van der Waals surface area contributed by atoms with E-state index in [1.165, 1.54) is 15.2 Å². The first kappa shape index (κ1) is 17.8. The molecule has 0 radical (unpaired) electrons. The van der Waals surface area contributed by atoms with Gasteiger partial charge in [-0.25, -0.2) is 0 Å². The van der Waals surface area contributed by atoms with E-state index in [2.05, 4.69) is 40.7 Å². The minimum Gasteiger partial charge on any atom is -0.493 e. The Labute approximate surface area is 166 Å². The summed E-state index contributed by atoms with van der Waals surface area (Å²) in [5.74, 6) is 1.92. The molecule has 0 fully saturated rings. The fourth-order valence-electron chi connectivity index (χ4n) is 3.08. The van der Waals surface area contributed by atoms with Gasteiger partial charge in [-0.2, -0.15) is 0 Å². The molecule has 4 nitrogen and oxygen atoms in total. The molecule has 6 heteroatoms. The minimum absolute atomic E-state index is 0.600. The molecule has 0 bridgehead atoms. The van der Waals surface area contributed by atoms with Crippen molar-refractivity contribution in [1.29, 1.82) is 0 Å². The Balaban J connectivity index is 1.88. The Morgan fingerprint density at radius 3 is 2.37 bits per heavy atom. The number of nitrogens with one attached hydrogen (secondary N) is 1. The van der Waals surface area contributed by atoms with Crippen LogP contribution in [-0.2, 0) is 0 Å². The van der Waals surface area contributed by atoms with Crippen molar-refractivity contribution in [2.75, 3.05) is 21.3 Å². The first-order valence-electron chi connectivity index (χ1n) is 8.38. The molecule has 0 aliphatic carbocycles. The lowest BCUT2D eigenvalue weighted by molar-refractivity contribution is 0.319. The summed E-state index contributed by atoms with van der Waals surface area (Å²) in [6.45, 7) is 0. The number of rotatable bonds is 6. The van der Waals surface area contributed by atoms with Crippen LogP contribution in [-0.4, -0.2) is 26.3 Å². The quantitative estimate of drug-likeness (QED) is 0.429. The van der Waals surface area contributed by atoms with E-state index in [-0.39, 0.29) is 0 Å². The van der Waals surface area contributed by atoms with Crippen LogP contribution in [0.15, 0.2) is 63.7 Å². The molecular weight excluding hydrogens is 378 g/mol. The number of aromatic nitrogens is 1. The maximum atomic E-state index is 5.67. The minimum atomic E-state index is 0.600. The van der Waals surface area contributed by atoms with Crippen molar-refractivity contribution < 1.29 is 14.2 Å². The van der Waals surface area contributed by atoms with Crippen LogP contribution < -0.4 is 14.2 Å². The summed E-state index contributed by atoms with van der Waals surface area (Å²) >= 11 is 3.38. The van der Waals surface area contributed by atoms with Gasteiger partial charge in [0.15, 0.2) is 11.5 Å². The van der Waals surface area contributed by atoms with E-state index < -0.39 is 0 Å². The summed E-state index contributed by atoms with van der Waals surface area (Å²) in [4.78, 5) is 6.91. The van der Waals surface area contributed by atoms with Gasteiger partial charge >= 0.3 is 0 Å². The number of thiophene rings is 1. The van der Waals surface area contributed by atoms with Gasteiger partial charge in [0, 0.05) is 15.8 Å². The molecule has 0 atom stereocenters. The second-order valence-electron chi connectivity index (χ2n) is 5.79. The zero-order chi connectivity index (χ0) is 18.8. The second kappa shape index (κ2) is 7.58. The summed E-state index contributed by atoms with van der Waals surface area (Å²) in [5, 5.41) is 3.27. The van der Waals surface area contributed by atoms with E-state index in [9.17, 15) is 0 Å². The van der Waals surface area contributed by atoms with E-state index in [0.29, 0.717) is 17.2 Å². The topological polar surface area (TPSA) is 43.5 Å². The van der Waals surface area contributed by atoms with Gasteiger partial charge < -0.3 is 19.2 Å². The summed E-state index contributed by atoms with van der Waals surface area (Å²) in [7, 11) is 4.90. The second-order valence-corrected chi connectivity index (χ2v) is 7.79. The molecule has 0 aliphatic rings. The number of benzene rings is 2. The highest BCUT2D eigenvalue weighted by Gasteiger charge is 2.20. The highest BCUT2D eigenvalue weighted by molar-refractivity contribution is 7.99. The summed E-state index contributed by atoms with van der Waals surface area (Å²) in [6, 6.07) is 16.4. The molecular formula is C21H19NO3S2. The van der Waals surface area contributed by atoms with E-state index >= 15 is 0 Å². The lowest BCUT2D eigenvalue weighted by atomic mass is 10.2. The maximum absolute atomic E-state index is 5.67. The van der Waals surface area contributed by atoms with Gasteiger partial charge in [0.2, 0.25) is 5.75 Å². The SMILES string of the molecule is COc1ccc(Sc2c(-c3cccs3)[nH]c3ccccc23)c(OC)c1OC. The van der Waals surface area contributed by atoms with E-state index in [0.717, 1.165) is 16.1 Å². The first-order valence-corrected chi connectivity index (χ1v) is 10.1. The number of methoxy groups -OCH3 is 3. The number of aromatic amines is 1. The zero-order valence-electron chi connectivity index (χ0n) is 15.2. The lowest BCUT2D eigenvalue weighted by Crippen LogP contribution is -1.96. The molecule has 0 unspecified atom stereocenters. The van der Waals surface area contributed by atoms with E-state index in [1.54, 1.807) is 44.4 Å². The fourth-order valence-corrected chi connectivity index (χ4v) is 5.05. The highest BCUT2D eigenvalue weighted by atomic mass is 32.2. The van der Waals surface area contributed by atoms with Crippen LogP contribution in [0.3, 0.4) is 0 Å². The number of H-pyrrole nitrogens is 1. The van der Waals surface area contributed by atoms with Crippen molar-refractivity contribution in [1.82, 2.24) is 4.98 Å². The Morgan fingerprint density at radius 1 is 0.852 bits per heavy atom. The van der Waals surface area contributed by atoms with Crippen molar-refractivity contribution in [2.24, 2.45) is 0 Å². The number of ether oxygens (including phenoxy) is 3. The van der Waals surface area contributed by atoms with Crippen molar-refractivity contribution in [2.45, 2.75) is 9.79 Å². The van der Waals surface area contributed by atoms with Gasteiger partial charge in [0.25, 0.3) is 0 Å². The van der Waals surface area contributed by atoms with Crippen LogP contribution >= 0.6 is 23.1 Å². The monoisotopic (exact) mass is 397 g/mol. The molecule has 2 aromatic heterocycles. The average molecular weight is 398 g/mol. The number of hydrogen-bond donors (Lipinski definition) is 1. The number of fused-ring (bicyclic) bond motifs is 1. The van der Waals surface area contributed by atoms with Crippen molar-refractivity contribution in [3.8, 4) is 27.8 Å². The number of hydrogen-bond acceptors (Lipinski definition) is 5. The van der Waals surface area contributed by atoms with Crippen LogP contribution in [0, 0.1) is 0 Å². The molecule has 0 spiro atoms. The molecule has 0 saturated carbocycles. The fraction of sp³-hybridized carbons (Fsp3) is 0.143. The van der Waals surface area contributed by atoms with Crippen molar-refractivity contribution in [3.63, 3.8) is 0 Å². The molecule has 0 aliphatic heterocycles. The van der Waals surface area contributed by atoms with Crippen molar-refractivity contribution >= 4 is 34.0 Å². The molecule has 27 heavy (non-hydrogen) atoms. The molecule has 2 aromatic carbocycles. The zero-order valence-corrected chi connectivity index (χ0v) is 16.9. The third-order valence-corrected chi connectivity index (χ3v) is 6.36. The van der Waals surface area contributed by atoms with Gasteiger partial charge in [-0.15, -0.1) is 11.3 Å². The smallest absolute Gasteiger partial charge is 0.204 e. The predicted molar refractivity (Wildman–Crippen MR) is 112 cm³/mol. The van der Waals surface area contributed by atoms with Crippen LogP contribution in [0.5, 0.6) is 17.2 Å².